The van der Waals surface area contributed by atoms with Gasteiger partial charge < -0.3 is 20.3 Å². The van der Waals surface area contributed by atoms with Gasteiger partial charge in [0.2, 0.25) is 0 Å². The summed E-state index contributed by atoms with van der Waals surface area (Å²) in [6, 6.07) is 15.3. The molecule has 1 aliphatic heterocycles. The Morgan fingerprint density at radius 3 is 2.76 bits per heavy atom. The monoisotopic (exact) mass is 285 g/mol. The number of nitrogens with one attached hydrogen (secondary N) is 1. The Hall–Kier alpha value is -2.04. The van der Waals surface area contributed by atoms with Crippen LogP contribution in [0.3, 0.4) is 0 Å². The SMILES string of the molecule is OC[C@@H](Cc1ccccc1)NC1COc2cc(O)ccc21. The summed E-state index contributed by atoms with van der Waals surface area (Å²) >= 11 is 0. The molecule has 4 heteroatoms. The number of aromatic hydroxyl groups is 1. The molecule has 0 saturated carbocycles. The Bertz CT molecular complexity index is 600. The molecule has 1 heterocycles. The highest BCUT2D eigenvalue weighted by molar-refractivity contribution is 5.44. The maximum atomic E-state index is 9.60. The molecule has 21 heavy (non-hydrogen) atoms. The van der Waals surface area contributed by atoms with E-state index in [4.69, 9.17) is 4.74 Å². The first-order chi connectivity index (χ1) is 10.3. The minimum absolute atomic E-state index is 0.0271. The van der Waals surface area contributed by atoms with Crippen LogP contribution in [-0.4, -0.2) is 29.5 Å². The number of hydrogen-bond acceptors (Lipinski definition) is 4. The zero-order chi connectivity index (χ0) is 14.7. The molecule has 0 fully saturated rings. The molecule has 2 aromatic rings. The predicted molar refractivity (Wildman–Crippen MR) is 80.5 cm³/mol. The minimum atomic E-state index is -0.0271. The molecule has 0 saturated heterocycles. The van der Waals surface area contributed by atoms with Crippen molar-refractivity contribution >= 4 is 0 Å². The van der Waals surface area contributed by atoms with E-state index in [1.165, 1.54) is 5.56 Å². The maximum absolute atomic E-state index is 9.60. The number of rotatable bonds is 5. The Morgan fingerprint density at radius 2 is 2.00 bits per heavy atom. The quantitative estimate of drug-likeness (QED) is 0.786. The molecule has 3 N–H and O–H groups in total. The normalized spacial score (nSPS) is 18.0. The summed E-state index contributed by atoms with van der Waals surface area (Å²) in [6.45, 7) is 0.586. The molecule has 1 aliphatic rings. The van der Waals surface area contributed by atoms with E-state index in [-0.39, 0.29) is 24.4 Å². The van der Waals surface area contributed by atoms with Crippen LogP contribution in [0, 0.1) is 0 Å². The summed E-state index contributed by atoms with van der Waals surface area (Å²) in [6.07, 6.45) is 0.765. The van der Waals surface area contributed by atoms with Crippen LogP contribution in [0.1, 0.15) is 17.2 Å². The predicted octanol–water partition coefficient (Wildman–Crippen LogP) is 2.02. The molecular weight excluding hydrogens is 266 g/mol. The highest BCUT2D eigenvalue weighted by Crippen LogP contribution is 2.35. The molecule has 2 atom stereocenters. The van der Waals surface area contributed by atoms with Crippen molar-refractivity contribution in [1.82, 2.24) is 5.32 Å². The summed E-state index contributed by atoms with van der Waals surface area (Å²) in [7, 11) is 0. The third-order valence-corrected chi connectivity index (χ3v) is 3.76. The van der Waals surface area contributed by atoms with Gasteiger partial charge in [-0.05, 0) is 24.1 Å². The van der Waals surface area contributed by atoms with E-state index in [1.54, 1.807) is 12.1 Å². The number of phenolic OH excluding ortho intramolecular Hbond substituents is 1. The van der Waals surface area contributed by atoms with Gasteiger partial charge in [0.05, 0.1) is 12.6 Å². The first-order valence-electron chi connectivity index (χ1n) is 7.13. The lowest BCUT2D eigenvalue weighted by atomic mass is 10.0. The van der Waals surface area contributed by atoms with Crippen LogP contribution in [0.25, 0.3) is 0 Å². The molecule has 0 spiro atoms. The summed E-state index contributed by atoms with van der Waals surface area (Å²) in [5.41, 5.74) is 2.22. The van der Waals surface area contributed by atoms with Gasteiger partial charge in [0.1, 0.15) is 18.1 Å². The third kappa shape index (κ3) is 3.17. The van der Waals surface area contributed by atoms with Gasteiger partial charge in [0.15, 0.2) is 0 Å². The number of hydrogen-bond donors (Lipinski definition) is 3. The molecule has 0 aliphatic carbocycles. The topological polar surface area (TPSA) is 61.7 Å². The number of benzene rings is 2. The van der Waals surface area contributed by atoms with Crippen molar-refractivity contribution in [2.24, 2.45) is 0 Å². The van der Waals surface area contributed by atoms with Crippen LogP contribution in [-0.2, 0) is 6.42 Å². The fourth-order valence-electron chi connectivity index (χ4n) is 2.70. The number of aliphatic hydroxyl groups excluding tert-OH is 1. The van der Waals surface area contributed by atoms with Crippen molar-refractivity contribution in [3.63, 3.8) is 0 Å². The van der Waals surface area contributed by atoms with E-state index < -0.39 is 0 Å². The Kier molecular flexibility index (Phi) is 4.08. The number of fused-ring (bicyclic) bond motifs is 1. The van der Waals surface area contributed by atoms with Gasteiger partial charge in [0, 0.05) is 17.7 Å². The van der Waals surface area contributed by atoms with Gasteiger partial charge >= 0.3 is 0 Å². The molecule has 110 valence electrons. The van der Waals surface area contributed by atoms with Crippen molar-refractivity contribution < 1.29 is 14.9 Å². The average Bonchev–Trinajstić information content (AvgIpc) is 2.89. The highest BCUT2D eigenvalue weighted by Gasteiger charge is 2.26. The Labute approximate surface area is 124 Å². The number of ether oxygens (including phenoxy) is 1. The van der Waals surface area contributed by atoms with Crippen LogP contribution < -0.4 is 10.1 Å². The molecule has 2 aromatic carbocycles. The third-order valence-electron chi connectivity index (χ3n) is 3.76. The summed E-state index contributed by atoms with van der Waals surface area (Å²) in [5.74, 6) is 0.918. The van der Waals surface area contributed by atoms with E-state index >= 15 is 0 Å². The lowest BCUT2D eigenvalue weighted by Gasteiger charge is -2.20. The van der Waals surface area contributed by atoms with Crippen LogP contribution in [0.2, 0.25) is 0 Å². The zero-order valence-electron chi connectivity index (χ0n) is 11.7. The second kappa shape index (κ2) is 6.16. The van der Waals surface area contributed by atoms with Crippen molar-refractivity contribution in [1.29, 1.82) is 0 Å². The first kappa shape index (κ1) is 13.9. The molecule has 4 nitrogen and oxygen atoms in total. The van der Waals surface area contributed by atoms with Crippen LogP contribution in [0.5, 0.6) is 11.5 Å². The van der Waals surface area contributed by atoms with Crippen molar-refractivity contribution in [2.45, 2.75) is 18.5 Å². The second-order valence-corrected chi connectivity index (χ2v) is 5.32. The van der Waals surface area contributed by atoms with Crippen molar-refractivity contribution in [2.75, 3.05) is 13.2 Å². The smallest absolute Gasteiger partial charge is 0.127 e. The number of phenols is 1. The lowest BCUT2D eigenvalue weighted by molar-refractivity contribution is 0.218. The molecule has 0 aromatic heterocycles. The Morgan fingerprint density at radius 1 is 1.19 bits per heavy atom. The van der Waals surface area contributed by atoms with E-state index in [1.807, 2.05) is 24.3 Å². The van der Waals surface area contributed by atoms with Gasteiger partial charge in [-0.1, -0.05) is 30.3 Å². The van der Waals surface area contributed by atoms with Crippen LogP contribution in [0.15, 0.2) is 48.5 Å². The maximum Gasteiger partial charge on any atom is 0.127 e. The van der Waals surface area contributed by atoms with Crippen LogP contribution >= 0.6 is 0 Å². The van der Waals surface area contributed by atoms with Crippen molar-refractivity contribution in [3.05, 3.63) is 59.7 Å². The molecule has 0 radical (unpaired) electrons. The van der Waals surface area contributed by atoms with Gasteiger partial charge in [-0.2, -0.15) is 0 Å². The minimum Gasteiger partial charge on any atom is -0.508 e. The van der Waals surface area contributed by atoms with E-state index in [0.717, 1.165) is 12.0 Å². The summed E-state index contributed by atoms with van der Waals surface area (Å²) in [5, 5.41) is 22.5. The second-order valence-electron chi connectivity index (χ2n) is 5.32. The first-order valence-corrected chi connectivity index (χ1v) is 7.13. The number of aliphatic hydroxyl groups is 1. The summed E-state index contributed by atoms with van der Waals surface area (Å²) < 4.78 is 5.58. The van der Waals surface area contributed by atoms with Gasteiger partial charge in [-0.3, -0.25) is 0 Å². The van der Waals surface area contributed by atoms with Gasteiger partial charge in [0.25, 0.3) is 0 Å². The van der Waals surface area contributed by atoms with Crippen molar-refractivity contribution in [3.8, 4) is 11.5 Å². The van der Waals surface area contributed by atoms with Crippen LogP contribution in [0.4, 0.5) is 0 Å². The average molecular weight is 285 g/mol. The molecule has 3 rings (SSSR count). The molecule has 0 bridgehead atoms. The Balaban J connectivity index is 1.69. The van der Waals surface area contributed by atoms with E-state index in [0.29, 0.717) is 12.4 Å². The van der Waals surface area contributed by atoms with E-state index in [2.05, 4.69) is 17.4 Å². The fourth-order valence-corrected chi connectivity index (χ4v) is 2.70. The van der Waals surface area contributed by atoms with E-state index in [9.17, 15) is 10.2 Å². The molecular formula is C17H19NO3. The molecule has 0 amide bonds. The molecule has 1 unspecified atom stereocenters. The standard InChI is InChI=1S/C17H19NO3/c19-10-13(8-12-4-2-1-3-5-12)18-16-11-21-17-9-14(20)6-7-15(16)17/h1-7,9,13,16,18-20H,8,10-11H2/t13-,16?/m1/s1. The largest absolute Gasteiger partial charge is 0.508 e. The fraction of sp³-hybridized carbons (Fsp3) is 0.294. The van der Waals surface area contributed by atoms with Gasteiger partial charge in [-0.15, -0.1) is 0 Å². The van der Waals surface area contributed by atoms with Gasteiger partial charge in [-0.25, -0.2) is 0 Å². The zero-order valence-corrected chi connectivity index (χ0v) is 11.7. The summed E-state index contributed by atoms with van der Waals surface area (Å²) in [4.78, 5) is 0. The lowest BCUT2D eigenvalue weighted by Crippen LogP contribution is -2.38. The highest BCUT2D eigenvalue weighted by atomic mass is 16.5.